The molecule has 1 amide bonds. The molecule has 0 fully saturated rings. The summed E-state index contributed by atoms with van der Waals surface area (Å²) in [6.45, 7) is 4.19. The van der Waals surface area contributed by atoms with Gasteiger partial charge in [-0.15, -0.1) is 0 Å². The molecule has 0 atom stereocenters. The van der Waals surface area contributed by atoms with E-state index < -0.39 is 0 Å². The largest absolute Gasteiger partial charge is 0.309 e. The lowest BCUT2D eigenvalue weighted by Gasteiger charge is -2.12. The summed E-state index contributed by atoms with van der Waals surface area (Å²) < 4.78 is 3.11. The minimum absolute atomic E-state index is 0.113. The van der Waals surface area contributed by atoms with Crippen LogP contribution in [0.5, 0.6) is 0 Å². The fraction of sp³-hybridized carbons (Fsp3) is 0.182. The van der Waals surface area contributed by atoms with E-state index >= 15 is 0 Å². The second-order valence-corrected chi connectivity index (χ2v) is 6.98. The number of amides is 1. The normalized spacial score (nSPS) is 11.0. The van der Waals surface area contributed by atoms with Crippen LogP contribution >= 0.6 is 0 Å². The van der Waals surface area contributed by atoms with Crippen molar-refractivity contribution >= 4 is 22.6 Å². The number of rotatable bonds is 5. The molecule has 4 aromatic rings. The molecule has 7 heteroatoms. The molecule has 7 nitrogen and oxygen atoms in total. The summed E-state index contributed by atoms with van der Waals surface area (Å²) in [7, 11) is 0. The minimum atomic E-state index is -0.307. The second kappa shape index (κ2) is 7.71. The lowest BCUT2D eigenvalue weighted by atomic mass is 10.1. The summed E-state index contributed by atoms with van der Waals surface area (Å²) in [5.74, 6) is 0.770. The first-order chi connectivity index (χ1) is 14.0. The van der Waals surface area contributed by atoms with Gasteiger partial charge in [-0.25, -0.2) is 9.67 Å². The topological polar surface area (TPSA) is 81.8 Å². The van der Waals surface area contributed by atoms with E-state index in [9.17, 15) is 9.59 Å². The molecule has 0 radical (unpaired) electrons. The van der Waals surface area contributed by atoms with Crippen LogP contribution in [0.25, 0.3) is 10.9 Å². The number of carbonyl (C=O) groups excluding carboxylic acids is 1. The highest BCUT2D eigenvalue weighted by atomic mass is 16.2. The number of nitrogens with zero attached hydrogens (tertiary/aromatic N) is 4. The van der Waals surface area contributed by atoms with Gasteiger partial charge in [0.1, 0.15) is 18.2 Å². The molecule has 4 rings (SSSR count). The predicted octanol–water partition coefficient (Wildman–Crippen LogP) is 2.90. The zero-order valence-electron chi connectivity index (χ0n) is 16.3. The van der Waals surface area contributed by atoms with Crippen LogP contribution in [0, 0.1) is 13.8 Å². The molecular formula is C22H21N5O2. The van der Waals surface area contributed by atoms with E-state index in [1.165, 1.54) is 10.1 Å². The van der Waals surface area contributed by atoms with Gasteiger partial charge in [0.2, 0.25) is 5.91 Å². The molecule has 2 aromatic heterocycles. The molecular weight excluding hydrogens is 366 g/mol. The van der Waals surface area contributed by atoms with Crippen molar-refractivity contribution < 1.29 is 4.79 Å². The minimum Gasteiger partial charge on any atom is -0.309 e. The van der Waals surface area contributed by atoms with E-state index in [1.807, 2.05) is 31.2 Å². The Balaban J connectivity index is 1.54. The molecule has 2 heterocycles. The van der Waals surface area contributed by atoms with Gasteiger partial charge in [0.25, 0.3) is 5.56 Å². The Morgan fingerprint density at radius 3 is 2.72 bits per heavy atom. The number of fused-ring (bicyclic) bond motifs is 1. The maximum Gasteiger partial charge on any atom is 0.261 e. The van der Waals surface area contributed by atoms with E-state index in [2.05, 4.69) is 21.5 Å². The Bertz CT molecular complexity index is 1260. The highest BCUT2D eigenvalue weighted by molar-refractivity contribution is 5.90. The Kier molecular flexibility index (Phi) is 4.95. The third-order valence-electron chi connectivity index (χ3n) is 4.75. The number of aryl methyl sites for hydroxylation is 2. The Morgan fingerprint density at radius 2 is 1.90 bits per heavy atom. The van der Waals surface area contributed by atoms with Crippen molar-refractivity contribution in [2.75, 3.05) is 5.32 Å². The number of nitrogens with one attached hydrogen (secondary N) is 1. The van der Waals surface area contributed by atoms with Crippen LogP contribution in [0.2, 0.25) is 0 Å². The fourth-order valence-corrected chi connectivity index (χ4v) is 3.34. The van der Waals surface area contributed by atoms with Gasteiger partial charge in [-0.05, 0) is 31.5 Å². The fourth-order valence-electron chi connectivity index (χ4n) is 3.34. The molecule has 0 aliphatic carbocycles. The lowest BCUT2D eigenvalue weighted by molar-refractivity contribution is -0.116. The van der Waals surface area contributed by atoms with Crippen molar-refractivity contribution in [3.8, 4) is 0 Å². The van der Waals surface area contributed by atoms with Gasteiger partial charge in [-0.2, -0.15) is 5.10 Å². The van der Waals surface area contributed by atoms with Gasteiger partial charge in [-0.1, -0.05) is 42.0 Å². The van der Waals surface area contributed by atoms with Crippen molar-refractivity contribution in [1.82, 2.24) is 19.3 Å². The number of benzene rings is 2. The molecule has 2 aromatic carbocycles. The molecule has 29 heavy (non-hydrogen) atoms. The first-order valence-electron chi connectivity index (χ1n) is 9.34. The third-order valence-corrected chi connectivity index (χ3v) is 4.75. The molecule has 146 valence electrons. The van der Waals surface area contributed by atoms with E-state index in [0.29, 0.717) is 29.1 Å². The first kappa shape index (κ1) is 18.6. The maximum atomic E-state index is 12.8. The smallest absolute Gasteiger partial charge is 0.261 e. The Morgan fingerprint density at radius 1 is 1.07 bits per heavy atom. The lowest BCUT2D eigenvalue weighted by Crippen LogP contribution is -2.30. The highest BCUT2D eigenvalue weighted by Gasteiger charge is 2.13. The quantitative estimate of drug-likeness (QED) is 0.571. The van der Waals surface area contributed by atoms with Gasteiger partial charge < -0.3 is 5.32 Å². The summed E-state index contributed by atoms with van der Waals surface area (Å²) in [6.07, 6.45) is 1.64. The molecule has 0 saturated heterocycles. The number of anilines is 1. The van der Waals surface area contributed by atoms with Gasteiger partial charge in [0, 0.05) is 6.07 Å². The van der Waals surface area contributed by atoms with Crippen LogP contribution in [-0.2, 0) is 17.9 Å². The summed E-state index contributed by atoms with van der Waals surface area (Å²) in [5.41, 5.74) is 2.66. The predicted molar refractivity (Wildman–Crippen MR) is 112 cm³/mol. The number of carbonyl (C=O) groups is 1. The Labute approximate surface area is 167 Å². The van der Waals surface area contributed by atoms with Crippen LogP contribution in [-0.4, -0.2) is 25.2 Å². The average molecular weight is 387 g/mol. The summed E-state index contributed by atoms with van der Waals surface area (Å²) in [6, 6.07) is 17.0. The van der Waals surface area contributed by atoms with Gasteiger partial charge in [0.05, 0.1) is 23.6 Å². The maximum absolute atomic E-state index is 12.8. The van der Waals surface area contributed by atoms with Crippen LogP contribution in [0.4, 0.5) is 5.82 Å². The van der Waals surface area contributed by atoms with Gasteiger partial charge in [-0.3, -0.25) is 14.2 Å². The van der Waals surface area contributed by atoms with Crippen LogP contribution in [0.15, 0.2) is 65.6 Å². The molecule has 0 aliphatic rings. The number of para-hydroxylation sites is 1. The molecule has 0 bridgehead atoms. The van der Waals surface area contributed by atoms with Crippen molar-refractivity contribution in [3.63, 3.8) is 0 Å². The molecule has 0 unspecified atom stereocenters. The highest BCUT2D eigenvalue weighted by Crippen LogP contribution is 2.12. The monoisotopic (exact) mass is 387 g/mol. The second-order valence-electron chi connectivity index (χ2n) is 6.98. The van der Waals surface area contributed by atoms with E-state index in [4.69, 9.17) is 0 Å². The van der Waals surface area contributed by atoms with E-state index in [0.717, 1.165) is 5.56 Å². The molecule has 1 N–H and O–H groups in total. The van der Waals surface area contributed by atoms with E-state index in [-0.39, 0.29) is 18.0 Å². The third kappa shape index (κ3) is 3.94. The van der Waals surface area contributed by atoms with Gasteiger partial charge >= 0.3 is 0 Å². The standard InChI is InChI=1S/C22H21N5O2/c1-15-6-5-7-17(12-15)13-27-20(10-11-23-27)25-21(28)14-26-16(2)24-19-9-4-3-8-18(19)22(26)29/h3-12H,13-14H2,1-2H3,(H,25,28). The zero-order chi connectivity index (χ0) is 20.4. The summed E-state index contributed by atoms with van der Waals surface area (Å²) >= 11 is 0. The van der Waals surface area contributed by atoms with Crippen molar-refractivity contribution in [3.05, 3.63) is 88.1 Å². The Hall–Kier alpha value is -3.74. The SMILES string of the molecule is Cc1cccc(Cn2nccc2NC(=O)Cn2c(C)nc3ccccc3c2=O)c1. The van der Waals surface area contributed by atoms with Crippen LogP contribution < -0.4 is 10.9 Å². The van der Waals surface area contributed by atoms with E-state index in [1.54, 1.807) is 42.1 Å². The van der Waals surface area contributed by atoms with Crippen molar-refractivity contribution in [2.24, 2.45) is 0 Å². The van der Waals surface area contributed by atoms with Gasteiger partial charge in [0.15, 0.2) is 0 Å². The van der Waals surface area contributed by atoms with Crippen molar-refractivity contribution in [1.29, 1.82) is 0 Å². The van der Waals surface area contributed by atoms with Crippen molar-refractivity contribution in [2.45, 2.75) is 26.9 Å². The number of hydrogen-bond donors (Lipinski definition) is 1. The molecule has 0 saturated carbocycles. The average Bonchev–Trinajstić information content (AvgIpc) is 3.11. The summed E-state index contributed by atoms with van der Waals surface area (Å²) in [5, 5.41) is 7.64. The molecule has 0 aliphatic heterocycles. The first-order valence-corrected chi connectivity index (χ1v) is 9.34. The summed E-state index contributed by atoms with van der Waals surface area (Å²) in [4.78, 5) is 29.8. The number of hydrogen-bond acceptors (Lipinski definition) is 4. The zero-order valence-corrected chi connectivity index (χ0v) is 16.3. The molecule has 0 spiro atoms. The van der Waals surface area contributed by atoms with Crippen LogP contribution in [0.1, 0.15) is 17.0 Å². The van der Waals surface area contributed by atoms with Crippen LogP contribution in [0.3, 0.4) is 0 Å². The number of aromatic nitrogens is 4.